The van der Waals surface area contributed by atoms with Crippen molar-refractivity contribution >= 4 is 70.1 Å². The first-order chi connectivity index (χ1) is 7.35. The van der Waals surface area contributed by atoms with E-state index >= 15 is 0 Å². The van der Waals surface area contributed by atoms with Crippen LogP contribution in [0.2, 0.25) is 0 Å². The van der Waals surface area contributed by atoms with E-state index in [9.17, 15) is 0 Å². The van der Waals surface area contributed by atoms with Gasteiger partial charge in [-0.15, -0.1) is 34.8 Å². The van der Waals surface area contributed by atoms with Crippen LogP contribution in [0.1, 0.15) is 0 Å². The molecule has 0 amide bonds. The van der Waals surface area contributed by atoms with E-state index in [0.717, 1.165) is 34.9 Å². The molecular weight excluding hydrogens is 311 g/mol. The van der Waals surface area contributed by atoms with Gasteiger partial charge >= 0.3 is 0 Å². The third-order valence-corrected chi connectivity index (χ3v) is 6.65. The Morgan fingerprint density at radius 2 is 1.20 bits per heavy atom. The topological polar surface area (TPSA) is 0 Å². The monoisotopic (exact) mass is 326 g/mol. The van der Waals surface area contributed by atoms with Crippen molar-refractivity contribution in [1.29, 1.82) is 0 Å². The number of hydrogen-bond donors (Lipinski definition) is 0. The lowest BCUT2D eigenvalue weighted by Crippen LogP contribution is -2.12. The summed E-state index contributed by atoms with van der Waals surface area (Å²) in [5, 5.41) is 0.685. The Kier molecular flexibility index (Phi) is 15.8. The fourth-order valence-electron chi connectivity index (χ4n) is 0.894. The Balaban J connectivity index is 3.53. The molecule has 6 heteroatoms. The molecule has 0 aromatic carbocycles. The van der Waals surface area contributed by atoms with Crippen LogP contribution in [-0.4, -0.2) is 51.7 Å². The van der Waals surface area contributed by atoms with Crippen molar-refractivity contribution in [1.82, 2.24) is 0 Å². The maximum atomic E-state index is 5.69. The van der Waals surface area contributed by atoms with Crippen LogP contribution in [0.25, 0.3) is 0 Å². The van der Waals surface area contributed by atoms with E-state index in [1.54, 1.807) is 0 Å². The molecule has 0 saturated carbocycles. The molecule has 0 rings (SSSR count). The van der Waals surface area contributed by atoms with Crippen molar-refractivity contribution in [2.75, 3.05) is 46.4 Å². The van der Waals surface area contributed by atoms with Crippen LogP contribution in [0.3, 0.4) is 0 Å². The third kappa shape index (κ3) is 12.2. The summed E-state index contributed by atoms with van der Waals surface area (Å²) < 4.78 is 0. The summed E-state index contributed by atoms with van der Waals surface area (Å²) in [4.78, 5) is 0. The second-order valence-electron chi connectivity index (χ2n) is 2.71. The first-order valence-corrected chi connectivity index (χ1v) is 9.76. The smallest absolute Gasteiger partial charge is 0.0314 e. The minimum absolute atomic E-state index is 0.685. The summed E-state index contributed by atoms with van der Waals surface area (Å²) in [6, 6.07) is 0. The van der Waals surface area contributed by atoms with Gasteiger partial charge < -0.3 is 0 Å². The molecule has 0 N–H and O–H groups in total. The van der Waals surface area contributed by atoms with E-state index in [4.69, 9.17) is 34.8 Å². The molecule has 0 fully saturated rings. The Labute approximate surface area is 121 Å². The number of rotatable bonds is 11. The van der Waals surface area contributed by atoms with Crippen molar-refractivity contribution in [3.63, 3.8) is 0 Å². The fourth-order valence-corrected chi connectivity index (χ4v) is 5.05. The van der Waals surface area contributed by atoms with Gasteiger partial charge in [0.1, 0.15) is 0 Å². The van der Waals surface area contributed by atoms with Crippen molar-refractivity contribution in [3.05, 3.63) is 0 Å². The molecule has 0 atom stereocenters. The van der Waals surface area contributed by atoms with E-state index in [0.29, 0.717) is 5.25 Å². The van der Waals surface area contributed by atoms with Gasteiger partial charge in [0, 0.05) is 51.7 Å². The van der Waals surface area contributed by atoms with Gasteiger partial charge in [-0.1, -0.05) is 0 Å². The van der Waals surface area contributed by atoms with E-state index < -0.39 is 0 Å². The molecule has 0 spiro atoms. The summed E-state index contributed by atoms with van der Waals surface area (Å²) in [5.74, 6) is 7.68. The highest BCUT2D eigenvalue weighted by molar-refractivity contribution is 8.05. The molecule has 0 aliphatic rings. The molecule has 0 saturated heterocycles. The first kappa shape index (κ1) is 16.9. The van der Waals surface area contributed by atoms with Gasteiger partial charge in [-0.25, -0.2) is 0 Å². The highest BCUT2D eigenvalue weighted by Gasteiger charge is 2.08. The van der Waals surface area contributed by atoms with E-state index in [1.165, 1.54) is 11.5 Å². The number of hydrogen-bond acceptors (Lipinski definition) is 3. The van der Waals surface area contributed by atoms with Crippen LogP contribution in [-0.2, 0) is 0 Å². The van der Waals surface area contributed by atoms with Crippen LogP contribution in [0, 0.1) is 0 Å². The average Bonchev–Trinajstić information content (AvgIpc) is 2.25. The lowest BCUT2D eigenvalue weighted by molar-refractivity contribution is 1.14. The number of halogens is 3. The minimum atomic E-state index is 0.685. The van der Waals surface area contributed by atoms with Gasteiger partial charge in [-0.05, 0) is 0 Å². The SMILES string of the molecule is ClCCSCC(CSCCCl)SCCCl. The molecule has 0 bridgehead atoms. The van der Waals surface area contributed by atoms with Gasteiger partial charge in [-0.3, -0.25) is 0 Å². The molecule has 0 unspecified atom stereocenters. The Bertz CT molecular complexity index is 117. The summed E-state index contributed by atoms with van der Waals surface area (Å²) in [5.41, 5.74) is 0. The quantitative estimate of drug-likeness (QED) is 0.411. The Hall–Kier alpha value is 1.92. The summed E-state index contributed by atoms with van der Waals surface area (Å²) in [6.07, 6.45) is 0. The zero-order valence-electron chi connectivity index (χ0n) is 8.59. The van der Waals surface area contributed by atoms with Crippen molar-refractivity contribution < 1.29 is 0 Å². The molecule has 15 heavy (non-hydrogen) atoms. The van der Waals surface area contributed by atoms with Gasteiger partial charge in [0.15, 0.2) is 0 Å². The van der Waals surface area contributed by atoms with Crippen LogP contribution < -0.4 is 0 Å². The lowest BCUT2D eigenvalue weighted by atomic mass is 10.5. The zero-order valence-corrected chi connectivity index (χ0v) is 13.3. The second-order valence-corrected chi connectivity index (χ2v) is 7.55. The number of thioether (sulfide) groups is 3. The third-order valence-electron chi connectivity index (χ3n) is 1.48. The highest BCUT2D eigenvalue weighted by Crippen LogP contribution is 2.21. The summed E-state index contributed by atoms with van der Waals surface area (Å²) in [7, 11) is 0. The maximum Gasteiger partial charge on any atom is 0.0314 e. The normalized spacial score (nSPS) is 11.2. The van der Waals surface area contributed by atoms with Crippen molar-refractivity contribution in [2.45, 2.75) is 5.25 Å². The van der Waals surface area contributed by atoms with Gasteiger partial charge in [0.2, 0.25) is 0 Å². The molecule has 0 aliphatic heterocycles. The van der Waals surface area contributed by atoms with E-state index in [-0.39, 0.29) is 0 Å². The minimum Gasteiger partial charge on any atom is -0.160 e. The molecule has 0 radical (unpaired) electrons. The van der Waals surface area contributed by atoms with E-state index in [2.05, 4.69) is 0 Å². The maximum absolute atomic E-state index is 5.69. The van der Waals surface area contributed by atoms with Crippen LogP contribution in [0.4, 0.5) is 0 Å². The first-order valence-electron chi connectivity index (χ1n) is 4.80. The lowest BCUT2D eigenvalue weighted by Gasteiger charge is -2.14. The highest BCUT2D eigenvalue weighted by atomic mass is 35.5. The van der Waals surface area contributed by atoms with Gasteiger partial charge in [0.25, 0.3) is 0 Å². The molecule has 0 nitrogen and oxygen atoms in total. The fraction of sp³-hybridized carbons (Fsp3) is 1.00. The molecule has 0 aliphatic carbocycles. The Morgan fingerprint density at radius 1 is 0.733 bits per heavy atom. The zero-order chi connectivity index (χ0) is 11.4. The summed E-state index contributed by atoms with van der Waals surface area (Å²) in [6.45, 7) is 0. The predicted octanol–water partition coefficient (Wildman–Crippen LogP) is 4.27. The van der Waals surface area contributed by atoms with Crippen LogP contribution in [0.5, 0.6) is 0 Å². The average molecular weight is 328 g/mol. The largest absolute Gasteiger partial charge is 0.160 e. The van der Waals surface area contributed by atoms with Gasteiger partial charge in [0.05, 0.1) is 0 Å². The van der Waals surface area contributed by atoms with Crippen molar-refractivity contribution in [3.8, 4) is 0 Å². The van der Waals surface area contributed by atoms with Gasteiger partial charge in [-0.2, -0.15) is 35.3 Å². The number of alkyl halides is 3. The molecule has 0 heterocycles. The Morgan fingerprint density at radius 3 is 1.60 bits per heavy atom. The molecule has 0 aromatic heterocycles. The van der Waals surface area contributed by atoms with Crippen LogP contribution in [0.15, 0.2) is 0 Å². The predicted molar refractivity (Wildman–Crippen MR) is 83.1 cm³/mol. The summed E-state index contributed by atoms with van der Waals surface area (Å²) >= 11 is 22.8. The second kappa shape index (κ2) is 14.0. The molecular formula is C9H17Cl3S3. The van der Waals surface area contributed by atoms with Crippen LogP contribution >= 0.6 is 70.1 Å². The standard InChI is InChI=1S/C9H17Cl3S3/c10-1-4-13-7-9(15-6-3-12)8-14-5-2-11/h9H,1-8H2. The molecule has 0 aromatic rings. The molecule has 92 valence electrons. The van der Waals surface area contributed by atoms with E-state index in [1.807, 2.05) is 35.3 Å². The van der Waals surface area contributed by atoms with Crippen molar-refractivity contribution in [2.24, 2.45) is 0 Å².